The fourth-order valence-corrected chi connectivity index (χ4v) is 1.95. The van der Waals surface area contributed by atoms with Crippen molar-refractivity contribution in [2.75, 3.05) is 6.61 Å². The molecule has 0 fully saturated rings. The summed E-state index contributed by atoms with van der Waals surface area (Å²) in [5.74, 6) is -7.33. The van der Waals surface area contributed by atoms with E-state index in [2.05, 4.69) is 10.6 Å². The average Bonchev–Trinajstić information content (AvgIpc) is 2.62. The van der Waals surface area contributed by atoms with Crippen LogP contribution in [-0.2, 0) is 28.8 Å². The zero-order chi connectivity index (χ0) is 22.7. The van der Waals surface area contributed by atoms with Crippen LogP contribution in [0.3, 0.4) is 0 Å². The van der Waals surface area contributed by atoms with E-state index < -0.39 is 85.7 Å². The van der Waals surface area contributed by atoms with Crippen LogP contribution in [0.1, 0.15) is 26.2 Å². The first-order valence-corrected chi connectivity index (χ1v) is 8.33. The van der Waals surface area contributed by atoms with Crippen LogP contribution in [0.4, 0.5) is 0 Å². The Kier molecular flexibility index (Phi) is 10.9. The van der Waals surface area contributed by atoms with Gasteiger partial charge in [0.2, 0.25) is 17.7 Å². The Bertz CT molecular complexity index is 653. The summed E-state index contributed by atoms with van der Waals surface area (Å²) in [6.45, 7) is 0.525. The highest BCUT2D eigenvalue weighted by Crippen LogP contribution is 2.02. The maximum absolute atomic E-state index is 12.2. The van der Waals surface area contributed by atoms with Gasteiger partial charge in [-0.2, -0.15) is 0 Å². The van der Waals surface area contributed by atoms with Gasteiger partial charge >= 0.3 is 17.9 Å². The molecule has 0 aliphatic heterocycles. The van der Waals surface area contributed by atoms with Crippen LogP contribution in [0.25, 0.3) is 0 Å². The molecule has 0 saturated carbocycles. The second kappa shape index (κ2) is 12.2. The van der Waals surface area contributed by atoms with E-state index in [9.17, 15) is 28.8 Å². The molecular formula is C15H24N4O10. The highest BCUT2D eigenvalue weighted by atomic mass is 16.4. The van der Waals surface area contributed by atoms with E-state index in [1.165, 1.54) is 6.92 Å². The van der Waals surface area contributed by atoms with E-state index in [0.29, 0.717) is 0 Å². The van der Waals surface area contributed by atoms with Gasteiger partial charge in [0.1, 0.15) is 24.2 Å². The molecule has 0 radical (unpaired) electrons. The van der Waals surface area contributed by atoms with E-state index in [4.69, 9.17) is 26.2 Å². The number of nitrogens with one attached hydrogen (secondary N) is 3. The molecule has 0 spiro atoms. The number of carboxylic acids is 3. The minimum Gasteiger partial charge on any atom is -0.481 e. The summed E-state index contributed by atoms with van der Waals surface area (Å²) >= 11 is 0. The monoisotopic (exact) mass is 420 g/mol. The number of hydrogen-bond acceptors (Lipinski definition) is 8. The number of aliphatic hydroxyl groups is 1. The van der Waals surface area contributed by atoms with Gasteiger partial charge in [0.05, 0.1) is 13.0 Å². The molecule has 164 valence electrons. The molecule has 0 bridgehead atoms. The molecule has 29 heavy (non-hydrogen) atoms. The first-order chi connectivity index (χ1) is 13.4. The van der Waals surface area contributed by atoms with E-state index in [1.54, 1.807) is 0 Å². The van der Waals surface area contributed by atoms with Gasteiger partial charge in [-0.15, -0.1) is 0 Å². The number of aliphatic carboxylic acids is 3. The number of rotatable bonds is 13. The number of nitrogens with two attached hydrogens (primary N) is 1. The summed E-state index contributed by atoms with van der Waals surface area (Å²) in [6.07, 6.45) is -1.93. The van der Waals surface area contributed by atoms with Gasteiger partial charge in [0, 0.05) is 6.42 Å². The smallest absolute Gasteiger partial charge is 0.326 e. The van der Waals surface area contributed by atoms with Crippen LogP contribution < -0.4 is 21.7 Å². The molecule has 14 nitrogen and oxygen atoms in total. The molecule has 0 saturated heterocycles. The van der Waals surface area contributed by atoms with Gasteiger partial charge in [-0.1, -0.05) is 0 Å². The minimum atomic E-state index is -1.70. The summed E-state index contributed by atoms with van der Waals surface area (Å²) in [5.41, 5.74) is 5.28. The van der Waals surface area contributed by atoms with Crippen molar-refractivity contribution in [3.05, 3.63) is 0 Å². The Morgan fingerprint density at radius 2 is 1.38 bits per heavy atom. The molecule has 4 atom stereocenters. The number of hydrogen-bond donors (Lipinski definition) is 8. The van der Waals surface area contributed by atoms with Gasteiger partial charge in [0.25, 0.3) is 0 Å². The van der Waals surface area contributed by atoms with Crippen LogP contribution >= 0.6 is 0 Å². The molecular weight excluding hydrogens is 396 g/mol. The van der Waals surface area contributed by atoms with Crippen LogP contribution in [0, 0.1) is 0 Å². The number of aliphatic hydroxyl groups excluding tert-OH is 1. The van der Waals surface area contributed by atoms with E-state index >= 15 is 0 Å². The Morgan fingerprint density at radius 3 is 1.83 bits per heavy atom. The zero-order valence-corrected chi connectivity index (χ0v) is 15.5. The number of carboxylic acid groups (broad SMARTS) is 3. The normalized spacial score (nSPS) is 14.6. The standard InChI is InChI=1S/C15H24N4O10/c1-6(17-13(26)7(16)5-20)12(25)19-9(4-11(23)24)14(27)18-8(15(28)29)2-3-10(21)22/h6-9,20H,2-5,16H2,1H3,(H,17,26)(H,18,27)(H,19,25)(H,21,22)(H,23,24)(H,28,29). The Balaban J connectivity index is 5.13. The van der Waals surface area contributed by atoms with E-state index in [-0.39, 0.29) is 0 Å². The van der Waals surface area contributed by atoms with Gasteiger partial charge < -0.3 is 42.1 Å². The third-order valence-electron chi connectivity index (χ3n) is 3.56. The number of carbonyl (C=O) groups is 6. The lowest BCUT2D eigenvalue weighted by molar-refractivity contribution is -0.144. The maximum atomic E-state index is 12.2. The molecule has 0 aromatic rings. The van der Waals surface area contributed by atoms with Crippen LogP contribution in [0.5, 0.6) is 0 Å². The van der Waals surface area contributed by atoms with Crippen LogP contribution in [-0.4, -0.2) is 86.8 Å². The van der Waals surface area contributed by atoms with Crippen molar-refractivity contribution < 1.29 is 49.2 Å². The van der Waals surface area contributed by atoms with E-state index in [1.807, 2.05) is 5.32 Å². The quantitative estimate of drug-likeness (QED) is 0.143. The Labute approximate surface area is 164 Å². The zero-order valence-electron chi connectivity index (χ0n) is 15.5. The highest BCUT2D eigenvalue weighted by molar-refractivity contribution is 5.95. The second-order valence-electron chi connectivity index (χ2n) is 6.01. The number of carbonyl (C=O) groups excluding carboxylic acids is 3. The molecule has 0 aliphatic carbocycles. The molecule has 9 N–H and O–H groups in total. The summed E-state index contributed by atoms with van der Waals surface area (Å²) in [4.78, 5) is 68.6. The lowest BCUT2D eigenvalue weighted by atomic mass is 10.1. The predicted octanol–water partition coefficient (Wildman–Crippen LogP) is -3.80. The van der Waals surface area contributed by atoms with Crippen LogP contribution in [0.2, 0.25) is 0 Å². The molecule has 0 aromatic carbocycles. The first kappa shape index (κ1) is 25.7. The topological polar surface area (TPSA) is 245 Å². The molecule has 0 aliphatic rings. The van der Waals surface area contributed by atoms with Gasteiger partial charge in [-0.25, -0.2) is 4.79 Å². The van der Waals surface area contributed by atoms with Crippen molar-refractivity contribution in [2.45, 2.75) is 50.4 Å². The second-order valence-corrected chi connectivity index (χ2v) is 6.01. The SMILES string of the molecule is CC(NC(=O)C(N)CO)C(=O)NC(CC(=O)O)C(=O)NC(CCC(=O)O)C(=O)O. The largest absolute Gasteiger partial charge is 0.481 e. The van der Waals surface area contributed by atoms with Crippen molar-refractivity contribution in [1.82, 2.24) is 16.0 Å². The Hall–Kier alpha value is -3.26. The lowest BCUT2D eigenvalue weighted by Gasteiger charge is -2.22. The van der Waals surface area contributed by atoms with Gasteiger partial charge in [-0.3, -0.25) is 24.0 Å². The van der Waals surface area contributed by atoms with Gasteiger partial charge in [0.15, 0.2) is 0 Å². The summed E-state index contributed by atoms with van der Waals surface area (Å²) < 4.78 is 0. The van der Waals surface area contributed by atoms with E-state index in [0.717, 1.165) is 0 Å². The highest BCUT2D eigenvalue weighted by Gasteiger charge is 2.30. The molecule has 0 aromatic heterocycles. The third kappa shape index (κ3) is 10.0. The predicted molar refractivity (Wildman–Crippen MR) is 93.3 cm³/mol. The fourth-order valence-electron chi connectivity index (χ4n) is 1.95. The third-order valence-corrected chi connectivity index (χ3v) is 3.56. The van der Waals surface area contributed by atoms with Crippen molar-refractivity contribution in [2.24, 2.45) is 5.73 Å². The first-order valence-electron chi connectivity index (χ1n) is 8.33. The van der Waals surface area contributed by atoms with Crippen LogP contribution in [0.15, 0.2) is 0 Å². The lowest BCUT2D eigenvalue weighted by Crippen LogP contribution is -2.57. The minimum absolute atomic E-state index is 0.463. The summed E-state index contributed by atoms with van der Waals surface area (Å²) in [5, 5.41) is 41.5. The van der Waals surface area contributed by atoms with Crippen molar-refractivity contribution >= 4 is 35.6 Å². The summed E-state index contributed by atoms with van der Waals surface area (Å²) in [6, 6.07) is -5.87. The Morgan fingerprint density at radius 1 is 0.828 bits per heavy atom. The average molecular weight is 420 g/mol. The maximum Gasteiger partial charge on any atom is 0.326 e. The number of amides is 3. The summed E-state index contributed by atoms with van der Waals surface area (Å²) in [7, 11) is 0. The molecule has 4 unspecified atom stereocenters. The molecule has 14 heteroatoms. The fraction of sp³-hybridized carbons (Fsp3) is 0.600. The van der Waals surface area contributed by atoms with Crippen molar-refractivity contribution in [3.63, 3.8) is 0 Å². The molecule has 3 amide bonds. The van der Waals surface area contributed by atoms with Gasteiger partial charge in [-0.05, 0) is 13.3 Å². The van der Waals surface area contributed by atoms with Crippen molar-refractivity contribution in [1.29, 1.82) is 0 Å². The molecule has 0 heterocycles. The molecule has 0 rings (SSSR count). The van der Waals surface area contributed by atoms with Crippen molar-refractivity contribution in [3.8, 4) is 0 Å².